The quantitative estimate of drug-likeness (QED) is 0.528. The number of ether oxygens (including phenoxy) is 2. The number of hydrogen-bond donors (Lipinski definition) is 1. The van der Waals surface area contributed by atoms with Crippen LogP contribution >= 0.6 is 0 Å². The summed E-state index contributed by atoms with van der Waals surface area (Å²) in [7, 11) is 0. The zero-order valence-electron chi connectivity index (χ0n) is 11.8. The van der Waals surface area contributed by atoms with E-state index in [9.17, 15) is 9.59 Å². The maximum atomic E-state index is 12.1. The van der Waals surface area contributed by atoms with E-state index in [0.29, 0.717) is 52.3 Å². The number of rotatable bonds is 7. The van der Waals surface area contributed by atoms with E-state index in [-0.39, 0.29) is 11.9 Å². The van der Waals surface area contributed by atoms with E-state index in [1.807, 2.05) is 6.92 Å². The van der Waals surface area contributed by atoms with Gasteiger partial charge in [-0.15, -0.1) is 0 Å². The summed E-state index contributed by atoms with van der Waals surface area (Å²) in [4.78, 5) is 25.5. The largest absolute Gasteiger partial charge is 0.464 e. The maximum absolute atomic E-state index is 12.1. The molecule has 1 amide bonds. The molecule has 110 valence electrons. The number of amides is 1. The van der Waals surface area contributed by atoms with Crippen LogP contribution in [0, 0.1) is 0 Å². The van der Waals surface area contributed by atoms with Crippen LogP contribution in [0.2, 0.25) is 0 Å². The van der Waals surface area contributed by atoms with Gasteiger partial charge in [0, 0.05) is 39.3 Å². The van der Waals surface area contributed by atoms with Crippen LogP contribution in [-0.4, -0.2) is 62.3 Å². The van der Waals surface area contributed by atoms with Gasteiger partial charge in [0.1, 0.15) is 6.04 Å². The van der Waals surface area contributed by atoms with Crippen molar-refractivity contribution in [3.8, 4) is 0 Å². The predicted octanol–water partition coefficient (Wildman–Crippen LogP) is 0.167. The van der Waals surface area contributed by atoms with Gasteiger partial charge in [0.15, 0.2) is 0 Å². The van der Waals surface area contributed by atoms with Crippen LogP contribution in [-0.2, 0) is 19.1 Å². The molecule has 1 heterocycles. The first-order chi connectivity index (χ1) is 9.20. The van der Waals surface area contributed by atoms with E-state index >= 15 is 0 Å². The molecule has 0 saturated carbocycles. The molecule has 1 saturated heterocycles. The Morgan fingerprint density at radius 1 is 1.32 bits per heavy atom. The second-order valence-corrected chi connectivity index (χ2v) is 4.36. The molecule has 0 aromatic rings. The van der Waals surface area contributed by atoms with Gasteiger partial charge in [-0.1, -0.05) is 0 Å². The third kappa shape index (κ3) is 5.16. The Morgan fingerprint density at radius 2 is 2.11 bits per heavy atom. The molecular formula is C13H24N2O4. The van der Waals surface area contributed by atoms with Crippen molar-refractivity contribution in [2.45, 2.75) is 32.7 Å². The van der Waals surface area contributed by atoms with Crippen molar-refractivity contribution in [3.63, 3.8) is 0 Å². The highest BCUT2D eigenvalue weighted by molar-refractivity contribution is 5.85. The lowest BCUT2D eigenvalue weighted by atomic mass is 10.1. The Hall–Kier alpha value is -1.14. The van der Waals surface area contributed by atoms with Gasteiger partial charge in [0.2, 0.25) is 5.91 Å². The van der Waals surface area contributed by atoms with Crippen LogP contribution in [0.25, 0.3) is 0 Å². The van der Waals surface area contributed by atoms with Crippen molar-refractivity contribution in [1.82, 2.24) is 10.2 Å². The number of carbonyl (C=O) groups excluding carboxylic acids is 2. The molecule has 0 aromatic heterocycles. The number of carbonyl (C=O) groups is 2. The topological polar surface area (TPSA) is 67.9 Å². The standard InChI is InChI=1S/C13H24N2O4/c1-3-18-9-5-6-12(16)15-8-7-14-10-11(15)13(17)19-4-2/h11,14H,3-10H2,1-2H3. The predicted molar refractivity (Wildman–Crippen MR) is 70.7 cm³/mol. The first kappa shape index (κ1) is 15.9. The molecule has 1 N–H and O–H groups in total. The number of nitrogens with zero attached hydrogens (tertiary/aromatic N) is 1. The molecule has 1 unspecified atom stereocenters. The van der Waals surface area contributed by atoms with Gasteiger partial charge in [-0.05, 0) is 20.3 Å². The fourth-order valence-electron chi connectivity index (χ4n) is 2.07. The van der Waals surface area contributed by atoms with Gasteiger partial charge in [-0.2, -0.15) is 0 Å². The van der Waals surface area contributed by atoms with E-state index in [4.69, 9.17) is 9.47 Å². The normalized spacial score (nSPS) is 19.3. The van der Waals surface area contributed by atoms with Gasteiger partial charge in [0.05, 0.1) is 6.61 Å². The molecule has 1 aliphatic rings. The first-order valence-corrected chi connectivity index (χ1v) is 6.95. The van der Waals surface area contributed by atoms with E-state index in [0.717, 1.165) is 0 Å². The third-order valence-corrected chi connectivity index (χ3v) is 3.01. The van der Waals surface area contributed by atoms with Crippen LogP contribution in [0.15, 0.2) is 0 Å². The zero-order valence-corrected chi connectivity index (χ0v) is 11.8. The fraction of sp³-hybridized carbons (Fsp3) is 0.846. The Morgan fingerprint density at radius 3 is 2.79 bits per heavy atom. The Balaban J connectivity index is 2.46. The molecule has 0 aliphatic carbocycles. The van der Waals surface area contributed by atoms with E-state index < -0.39 is 6.04 Å². The van der Waals surface area contributed by atoms with Crippen LogP contribution in [0.1, 0.15) is 26.7 Å². The summed E-state index contributed by atoms with van der Waals surface area (Å²) in [5.41, 5.74) is 0. The van der Waals surface area contributed by atoms with Gasteiger partial charge in [0.25, 0.3) is 0 Å². The van der Waals surface area contributed by atoms with Gasteiger partial charge in [-0.25, -0.2) is 4.79 Å². The SMILES string of the molecule is CCOCCCC(=O)N1CCNCC1C(=O)OCC. The lowest BCUT2D eigenvalue weighted by Crippen LogP contribution is -2.57. The molecule has 6 nitrogen and oxygen atoms in total. The molecule has 1 rings (SSSR count). The van der Waals surface area contributed by atoms with Crippen LogP contribution in [0.3, 0.4) is 0 Å². The molecule has 0 aromatic carbocycles. The summed E-state index contributed by atoms with van der Waals surface area (Å²) in [6.45, 7) is 7.00. The molecule has 1 atom stereocenters. The average Bonchev–Trinajstić information content (AvgIpc) is 2.43. The number of piperazine rings is 1. The van der Waals surface area contributed by atoms with Crippen molar-refractivity contribution < 1.29 is 19.1 Å². The highest BCUT2D eigenvalue weighted by Gasteiger charge is 2.32. The second-order valence-electron chi connectivity index (χ2n) is 4.36. The minimum atomic E-state index is -0.492. The van der Waals surface area contributed by atoms with Crippen LogP contribution in [0.4, 0.5) is 0 Å². The highest BCUT2D eigenvalue weighted by atomic mass is 16.5. The lowest BCUT2D eigenvalue weighted by molar-refractivity contribution is -0.155. The second kappa shape index (κ2) is 8.87. The summed E-state index contributed by atoms with van der Waals surface area (Å²) >= 11 is 0. The summed E-state index contributed by atoms with van der Waals surface area (Å²) < 4.78 is 10.2. The van der Waals surface area contributed by atoms with Crippen molar-refractivity contribution in [1.29, 1.82) is 0 Å². The van der Waals surface area contributed by atoms with Crippen molar-refractivity contribution in [2.24, 2.45) is 0 Å². The highest BCUT2D eigenvalue weighted by Crippen LogP contribution is 2.09. The molecule has 1 fully saturated rings. The van der Waals surface area contributed by atoms with E-state index in [1.165, 1.54) is 0 Å². The van der Waals surface area contributed by atoms with Crippen LogP contribution in [0.5, 0.6) is 0 Å². The monoisotopic (exact) mass is 272 g/mol. The molecule has 1 aliphatic heterocycles. The average molecular weight is 272 g/mol. The summed E-state index contributed by atoms with van der Waals surface area (Å²) in [5, 5.41) is 3.12. The van der Waals surface area contributed by atoms with E-state index in [1.54, 1.807) is 11.8 Å². The van der Waals surface area contributed by atoms with Gasteiger partial charge >= 0.3 is 5.97 Å². The Labute approximate surface area is 114 Å². The third-order valence-electron chi connectivity index (χ3n) is 3.01. The summed E-state index contributed by atoms with van der Waals surface area (Å²) in [6.07, 6.45) is 1.10. The van der Waals surface area contributed by atoms with Crippen molar-refractivity contribution >= 4 is 11.9 Å². The zero-order chi connectivity index (χ0) is 14.1. The molecule has 6 heteroatoms. The van der Waals surface area contributed by atoms with Crippen LogP contribution < -0.4 is 5.32 Å². The molecule has 0 spiro atoms. The van der Waals surface area contributed by atoms with Crippen molar-refractivity contribution in [2.75, 3.05) is 39.5 Å². The minimum Gasteiger partial charge on any atom is -0.464 e. The first-order valence-electron chi connectivity index (χ1n) is 6.95. The molecule has 0 bridgehead atoms. The Bertz CT molecular complexity index is 296. The smallest absolute Gasteiger partial charge is 0.330 e. The van der Waals surface area contributed by atoms with Gasteiger partial charge in [-0.3, -0.25) is 4.79 Å². The minimum absolute atomic E-state index is 0.000689. The summed E-state index contributed by atoms with van der Waals surface area (Å²) in [5.74, 6) is -0.327. The van der Waals surface area contributed by atoms with Gasteiger partial charge < -0.3 is 19.7 Å². The fourth-order valence-corrected chi connectivity index (χ4v) is 2.07. The molecular weight excluding hydrogens is 248 g/mol. The van der Waals surface area contributed by atoms with E-state index in [2.05, 4.69) is 5.32 Å². The Kier molecular flexibility index (Phi) is 7.43. The summed E-state index contributed by atoms with van der Waals surface area (Å²) in [6, 6.07) is -0.492. The molecule has 19 heavy (non-hydrogen) atoms. The number of nitrogens with one attached hydrogen (secondary N) is 1. The maximum Gasteiger partial charge on any atom is 0.330 e. The van der Waals surface area contributed by atoms with Crippen molar-refractivity contribution in [3.05, 3.63) is 0 Å². The number of esters is 1. The number of hydrogen-bond acceptors (Lipinski definition) is 5. The molecule has 0 radical (unpaired) electrons. The lowest BCUT2D eigenvalue weighted by Gasteiger charge is -2.34.